The molecule has 2 nitrogen and oxygen atoms in total. The number of rotatable bonds is 0. The molecule has 0 spiro atoms. The predicted octanol–water partition coefficient (Wildman–Crippen LogP) is 2.20. The van der Waals surface area contributed by atoms with Gasteiger partial charge in [0.25, 0.3) is 0 Å². The molecule has 0 fully saturated rings. The van der Waals surface area contributed by atoms with Crippen LogP contribution in [0.3, 0.4) is 0 Å². The highest BCUT2D eigenvalue weighted by atomic mass is 16.5. The van der Waals surface area contributed by atoms with E-state index in [2.05, 4.69) is 23.2 Å². The van der Waals surface area contributed by atoms with Crippen LogP contribution in [-0.4, -0.2) is 4.98 Å². The topological polar surface area (TPSA) is 25.0 Å². The van der Waals surface area contributed by atoms with Crippen LogP contribution in [0.15, 0.2) is 24.4 Å². The Kier molecular flexibility index (Phi) is 1.10. The second-order valence-corrected chi connectivity index (χ2v) is 3.13. The van der Waals surface area contributed by atoms with Crippen molar-refractivity contribution in [2.45, 2.75) is 13.2 Å². The monoisotopic (exact) mass is 159 g/mol. The summed E-state index contributed by atoms with van der Waals surface area (Å²) in [6.45, 7) is 1.54. The molecule has 0 radical (unpaired) electrons. The van der Waals surface area contributed by atoms with E-state index in [9.17, 15) is 0 Å². The van der Waals surface area contributed by atoms with E-state index in [1.54, 1.807) is 0 Å². The highest BCUT2D eigenvalue weighted by Gasteiger charge is 2.13. The minimum Gasteiger partial charge on any atom is -0.372 e. The average Bonchev–Trinajstić information content (AvgIpc) is 2.71. The lowest BCUT2D eigenvalue weighted by Gasteiger charge is -1.97. The van der Waals surface area contributed by atoms with Crippen molar-refractivity contribution in [2.75, 3.05) is 0 Å². The normalized spacial score (nSPS) is 15.3. The van der Waals surface area contributed by atoms with E-state index in [1.165, 1.54) is 22.0 Å². The van der Waals surface area contributed by atoms with Crippen LogP contribution in [0.25, 0.3) is 10.9 Å². The summed E-state index contributed by atoms with van der Waals surface area (Å²) < 4.78 is 5.38. The molecule has 1 N–H and O–H groups in total. The minimum absolute atomic E-state index is 0.768. The van der Waals surface area contributed by atoms with Crippen molar-refractivity contribution in [3.05, 3.63) is 35.5 Å². The molecule has 0 aliphatic carbocycles. The quantitative estimate of drug-likeness (QED) is 0.626. The van der Waals surface area contributed by atoms with Gasteiger partial charge in [0.15, 0.2) is 0 Å². The van der Waals surface area contributed by atoms with Gasteiger partial charge in [-0.3, -0.25) is 0 Å². The third-order valence-electron chi connectivity index (χ3n) is 2.45. The van der Waals surface area contributed by atoms with Crippen molar-refractivity contribution in [3.63, 3.8) is 0 Å². The number of nitrogens with one attached hydrogen (secondary N) is 1. The summed E-state index contributed by atoms with van der Waals surface area (Å²) in [7, 11) is 0. The number of aromatic nitrogens is 1. The summed E-state index contributed by atoms with van der Waals surface area (Å²) in [5.41, 5.74) is 3.90. The molecule has 60 valence electrons. The van der Waals surface area contributed by atoms with Gasteiger partial charge in [-0.2, -0.15) is 0 Å². The van der Waals surface area contributed by atoms with Crippen LogP contribution in [0.5, 0.6) is 0 Å². The number of benzene rings is 1. The van der Waals surface area contributed by atoms with Gasteiger partial charge in [-0.15, -0.1) is 0 Å². The number of ether oxygens (including phenoxy) is 1. The first-order chi connectivity index (χ1) is 5.95. The summed E-state index contributed by atoms with van der Waals surface area (Å²) >= 11 is 0. The summed E-state index contributed by atoms with van der Waals surface area (Å²) in [6, 6.07) is 6.37. The SMILES string of the molecule is c1cc2c3c(ccc2[nH]1)COC3. The predicted molar refractivity (Wildman–Crippen MR) is 46.8 cm³/mol. The van der Waals surface area contributed by atoms with E-state index >= 15 is 0 Å². The third kappa shape index (κ3) is 0.676. The Hall–Kier alpha value is -1.28. The zero-order chi connectivity index (χ0) is 7.97. The average molecular weight is 159 g/mol. The van der Waals surface area contributed by atoms with Crippen LogP contribution < -0.4 is 0 Å². The Morgan fingerprint density at radius 1 is 1.17 bits per heavy atom. The van der Waals surface area contributed by atoms with Crippen LogP contribution in [0.4, 0.5) is 0 Å². The zero-order valence-electron chi connectivity index (χ0n) is 6.63. The maximum absolute atomic E-state index is 5.38. The van der Waals surface area contributed by atoms with Crippen molar-refractivity contribution >= 4 is 10.9 Å². The van der Waals surface area contributed by atoms with E-state index in [1.807, 2.05) is 6.20 Å². The number of fused-ring (bicyclic) bond motifs is 3. The Bertz CT molecular complexity index is 430. The standard InChI is InChI=1S/C10H9NO/c1-2-10-8(3-4-11-10)9-6-12-5-7(1)9/h1-4,11H,5-6H2. The van der Waals surface area contributed by atoms with Crippen LogP contribution in [-0.2, 0) is 18.0 Å². The molecule has 0 bridgehead atoms. The number of aromatic amines is 1. The molecule has 3 rings (SSSR count). The van der Waals surface area contributed by atoms with E-state index in [0.717, 1.165) is 13.2 Å². The fraction of sp³-hybridized carbons (Fsp3) is 0.200. The molecule has 0 amide bonds. The molecule has 0 atom stereocenters. The van der Waals surface area contributed by atoms with Crippen molar-refractivity contribution in [1.82, 2.24) is 4.98 Å². The molecular weight excluding hydrogens is 150 g/mol. The van der Waals surface area contributed by atoms with Gasteiger partial charge >= 0.3 is 0 Å². The molecule has 2 heteroatoms. The van der Waals surface area contributed by atoms with Gasteiger partial charge in [-0.25, -0.2) is 0 Å². The Morgan fingerprint density at radius 2 is 2.17 bits per heavy atom. The van der Waals surface area contributed by atoms with Crippen molar-refractivity contribution in [3.8, 4) is 0 Å². The van der Waals surface area contributed by atoms with E-state index in [-0.39, 0.29) is 0 Å². The molecular formula is C10H9NO. The fourth-order valence-electron chi connectivity index (χ4n) is 1.81. The number of hydrogen-bond acceptors (Lipinski definition) is 1. The highest BCUT2D eigenvalue weighted by molar-refractivity contribution is 5.84. The summed E-state index contributed by atoms with van der Waals surface area (Å²) in [6.07, 6.45) is 1.98. The van der Waals surface area contributed by atoms with E-state index in [0.29, 0.717) is 0 Å². The minimum atomic E-state index is 0.768. The van der Waals surface area contributed by atoms with Gasteiger partial charge in [-0.05, 0) is 23.3 Å². The smallest absolute Gasteiger partial charge is 0.0731 e. The summed E-state index contributed by atoms with van der Waals surface area (Å²) in [5, 5.41) is 1.31. The van der Waals surface area contributed by atoms with Crippen LogP contribution >= 0.6 is 0 Å². The lowest BCUT2D eigenvalue weighted by Crippen LogP contribution is -1.81. The summed E-state index contributed by atoms with van der Waals surface area (Å²) in [4.78, 5) is 3.19. The lowest BCUT2D eigenvalue weighted by atomic mass is 10.1. The van der Waals surface area contributed by atoms with Gasteiger partial charge in [0.05, 0.1) is 13.2 Å². The Morgan fingerprint density at radius 3 is 3.17 bits per heavy atom. The maximum Gasteiger partial charge on any atom is 0.0731 e. The molecule has 1 aromatic heterocycles. The summed E-state index contributed by atoms with van der Waals surface area (Å²) in [5.74, 6) is 0. The fourth-order valence-corrected chi connectivity index (χ4v) is 1.81. The van der Waals surface area contributed by atoms with Crippen molar-refractivity contribution in [1.29, 1.82) is 0 Å². The number of H-pyrrole nitrogens is 1. The molecule has 1 aliphatic heterocycles. The number of hydrogen-bond donors (Lipinski definition) is 1. The van der Waals surface area contributed by atoms with Gasteiger partial charge in [-0.1, -0.05) is 6.07 Å². The van der Waals surface area contributed by atoms with Crippen molar-refractivity contribution < 1.29 is 4.74 Å². The Labute approximate surface area is 70.2 Å². The Balaban J connectivity index is 2.46. The van der Waals surface area contributed by atoms with Gasteiger partial charge in [0.2, 0.25) is 0 Å². The first-order valence-corrected chi connectivity index (χ1v) is 4.11. The molecule has 1 aromatic carbocycles. The molecule has 0 unspecified atom stereocenters. The maximum atomic E-state index is 5.38. The molecule has 2 aromatic rings. The molecule has 0 saturated carbocycles. The van der Waals surface area contributed by atoms with Crippen LogP contribution in [0.1, 0.15) is 11.1 Å². The van der Waals surface area contributed by atoms with E-state index < -0.39 is 0 Å². The molecule has 12 heavy (non-hydrogen) atoms. The van der Waals surface area contributed by atoms with E-state index in [4.69, 9.17) is 4.74 Å². The first kappa shape index (κ1) is 6.26. The largest absolute Gasteiger partial charge is 0.372 e. The third-order valence-corrected chi connectivity index (χ3v) is 2.45. The second-order valence-electron chi connectivity index (χ2n) is 3.13. The molecule has 0 saturated heterocycles. The highest BCUT2D eigenvalue weighted by Crippen LogP contribution is 2.27. The molecule has 1 aliphatic rings. The van der Waals surface area contributed by atoms with Crippen molar-refractivity contribution in [2.24, 2.45) is 0 Å². The van der Waals surface area contributed by atoms with Crippen LogP contribution in [0.2, 0.25) is 0 Å². The lowest BCUT2D eigenvalue weighted by molar-refractivity contribution is 0.135. The van der Waals surface area contributed by atoms with Crippen LogP contribution in [0, 0.1) is 0 Å². The first-order valence-electron chi connectivity index (χ1n) is 4.11. The molecule has 2 heterocycles. The van der Waals surface area contributed by atoms with Gasteiger partial charge in [0.1, 0.15) is 0 Å². The zero-order valence-corrected chi connectivity index (χ0v) is 6.63. The second kappa shape index (κ2) is 2.11. The van der Waals surface area contributed by atoms with Gasteiger partial charge in [0, 0.05) is 17.1 Å². The van der Waals surface area contributed by atoms with Gasteiger partial charge < -0.3 is 9.72 Å².